The van der Waals surface area contributed by atoms with Crippen LogP contribution in [0.15, 0.2) is 18.2 Å². The van der Waals surface area contributed by atoms with Gasteiger partial charge in [-0.3, -0.25) is 4.79 Å². The smallest absolute Gasteiger partial charge is 0.234 e. The Morgan fingerprint density at radius 1 is 1.45 bits per heavy atom. The van der Waals surface area contributed by atoms with Crippen LogP contribution in [0.25, 0.3) is 0 Å². The molecular weight excluding hydrogens is 298 g/mol. The highest BCUT2D eigenvalue weighted by molar-refractivity contribution is 8.00. The Bertz CT molecular complexity index is 551. The molecule has 1 saturated heterocycles. The van der Waals surface area contributed by atoms with E-state index in [0.717, 1.165) is 30.9 Å². The first-order valence-corrected chi connectivity index (χ1v) is 8.59. The van der Waals surface area contributed by atoms with Gasteiger partial charge in [0.05, 0.1) is 34.9 Å². The lowest BCUT2D eigenvalue weighted by Crippen LogP contribution is -2.23. The average Bonchev–Trinajstić information content (AvgIpc) is 2.55. The number of carbonyl (C=O) groups is 1. The van der Waals surface area contributed by atoms with Gasteiger partial charge in [0.2, 0.25) is 5.91 Å². The molecule has 2 N–H and O–H groups in total. The fraction of sp³-hybridized carbons (Fsp3) is 0.500. The van der Waals surface area contributed by atoms with Crippen molar-refractivity contribution in [3.63, 3.8) is 0 Å². The molecule has 22 heavy (non-hydrogen) atoms. The molecule has 2 rings (SSSR count). The Hall–Kier alpha value is -1.71. The fourth-order valence-corrected chi connectivity index (χ4v) is 3.24. The molecule has 118 valence electrons. The van der Waals surface area contributed by atoms with Crippen LogP contribution in [0.4, 0.5) is 11.4 Å². The number of nitriles is 1. The minimum Gasteiger partial charge on any atom is -0.386 e. The highest BCUT2D eigenvalue weighted by Gasteiger charge is 2.14. The van der Waals surface area contributed by atoms with Crippen molar-refractivity contribution in [1.82, 2.24) is 0 Å². The fourth-order valence-electron chi connectivity index (χ4n) is 2.34. The SMILES string of the molecule is CNc1ccc(C#N)cc1NC(=O)CSC[C@@H]1CCCCO1. The van der Waals surface area contributed by atoms with E-state index in [9.17, 15) is 4.79 Å². The molecule has 1 fully saturated rings. The first kappa shape index (κ1) is 16.7. The topological polar surface area (TPSA) is 74.2 Å². The number of nitrogens with zero attached hydrogens (tertiary/aromatic N) is 1. The third-order valence-electron chi connectivity index (χ3n) is 3.50. The maximum absolute atomic E-state index is 12.0. The third-order valence-corrected chi connectivity index (χ3v) is 4.58. The van der Waals surface area contributed by atoms with Crippen LogP contribution in [-0.2, 0) is 9.53 Å². The maximum Gasteiger partial charge on any atom is 0.234 e. The molecule has 1 aromatic carbocycles. The summed E-state index contributed by atoms with van der Waals surface area (Å²) in [5.74, 6) is 1.18. The van der Waals surface area contributed by atoms with Crippen molar-refractivity contribution < 1.29 is 9.53 Å². The Balaban J connectivity index is 1.82. The molecule has 0 bridgehead atoms. The van der Waals surface area contributed by atoms with E-state index >= 15 is 0 Å². The van der Waals surface area contributed by atoms with Gasteiger partial charge in [-0.25, -0.2) is 0 Å². The van der Waals surface area contributed by atoms with Gasteiger partial charge in [-0.05, 0) is 37.5 Å². The van der Waals surface area contributed by atoms with E-state index in [-0.39, 0.29) is 12.0 Å². The Labute approximate surface area is 135 Å². The predicted octanol–water partition coefficient (Wildman–Crippen LogP) is 2.84. The summed E-state index contributed by atoms with van der Waals surface area (Å²) in [6.07, 6.45) is 3.72. The molecule has 0 radical (unpaired) electrons. The summed E-state index contributed by atoms with van der Waals surface area (Å²) in [6, 6.07) is 7.26. The van der Waals surface area contributed by atoms with E-state index in [0.29, 0.717) is 17.0 Å². The van der Waals surface area contributed by atoms with Crippen molar-refractivity contribution in [2.24, 2.45) is 0 Å². The number of nitrogens with one attached hydrogen (secondary N) is 2. The second-order valence-corrected chi connectivity index (χ2v) is 6.20. The number of hydrogen-bond acceptors (Lipinski definition) is 5. The number of thioether (sulfide) groups is 1. The zero-order valence-corrected chi connectivity index (χ0v) is 13.5. The minimum atomic E-state index is -0.0626. The number of hydrogen-bond donors (Lipinski definition) is 2. The number of benzene rings is 1. The summed E-state index contributed by atoms with van der Waals surface area (Å²) in [6.45, 7) is 0.837. The highest BCUT2D eigenvalue weighted by Crippen LogP contribution is 2.23. The standard InChI is InChI=1S/C16H21N3O2S/c1-18-14-6-5-12(9-17)8-15(14)19-16(20)11-22-10-13-4-2-3-7-21-13/h5-6,8,13,18H,2-4,7,10-11H2,1H3,(H,19,20)/t13-/m0/s1. The van der Waals surface area contributed by atoms with Crippen LogP contribution < -0.4 is 10.6 Å². The van der Waals surface area contributed by atoms with Crippen molar-refractivity contribution in [1.29, 1.82) is 5.26 Å². The van der Waals surface area contributed by atoms with Gasteiger partial charge in [-0.2, -0.15) is 5.26 Å². The molecule has 1 aliphatic rings. The van der Waals surface area contributed by atoms with Gasteiger partial charge in [-0.1, -0.05) is 0 Å². The molecule has 0 saturated carbocycles. The van der Waals surface area contributed by atoms with Crippen molar-refractivity contribution >= 4 is 29.0 Å². The van der Waals surface area contributed by atoms with E-state index < -0.39 is 0 Å². The quantitative estimate of drug-likeness (QED) is 0.843. The molecule has 0 aliphatic carbocycles. The molecule has 0 aromatic heterocycles. The Morgan fingerprint density at radius 2 is 2.32 bits per heavy atom. The second kappa shape index (κ2) is 8.66. The van der Waals surface area contributed by atoms with Gasteiger partial charge >= 0.3 is 0 Å². The zero-order chi connectivity index (χ0) is 15.8. The van der Waals surface area contributed by atoms with Crippen LogP contribution in [0.3, 0.4) is 0 Å². The number of amides is 1. The van der Waals surface area contributed by atoms with Crippen LogP contribution >= 0.6 is 11.8 Å². The maximum atomic E-state index is 12.0. The first-order chi connectivity index (χ1) is 10.7. The normalized spacial score (nSPS) is 17.5. The van der Waals surface area contributed by atoms with Crippen molar-refractivity contribution in [3.8, 4) is 6.07 Å². The average molecular weight is 319 g/mol. The van der Waals surface area contributed by atoms with Crippen molar-refractivity contribution in [2.45, 2.75) is 25.4 Å². The van der Waals surface area contributed by atoms with Gasteiger partial charge in [-0.15, -0.1) is 11.8 Å². The van der Waals surface area contributed by atoms with E-state index in [4.69, 9.17) is 10.00 Å². The molecule has 0 spiro atoms. The summed E-state index contributed by atoms with van der Waals surface area (Å²) < 4.78 is 5.65. The van der Waals surface area contributed by atoms with Gasteiger partial charge in [0, 0.05) is 19.4 Å². The van der Waals surface area contributed by atoms with Crippen LogP contribution in [0, 0.1) is 11.3 Å². The summed E-state index contributed by atoms with van der Waals surface area (Å²) in [4.78, 5) is 12.0. The summed E-state index contributed by atoms with van der Waals surface area (Å²) in [5, 5.41) is 14.8. The molecular formula is C16H21N3O2S. The minimum absolute atomic E-state index is 0.0626. The lowest BCUT2D eigenvalue weighted by atomic mass is 10.1. The van der Waals surface area contributed by atoms with Gasteiger partial charge < -0.3 is 15.4 Å². The number of ether oxygens (including phenoxy) is 1. The zero-order valence-electron chi connectivity index (χ0n) is 12.7. The number of anilines is 2. The number of rotatable bonds is 6. The van der Waals surface area contributed by atoms with Gasteiger partial charge in [0.1, 0.15) is 0 Å². The van der Waals surface area contributed by atoms with E-state index in [1.54, 1.807) is 37.0 Å². The molecule has 1 atom stereocenters. The lowest BCUT2D eigenvalue weighted by Gasteiger charge is -2.21. The Morgan fingerprint density at radius 3 is 3.00 bits per heavy atom. The van der Waals surface area contributed by atoms with Crippen LogP contribution in [0.1, 0.15) is 24.8 Å². The van der Waals surface area contributed by atoms with Gasteiger partial charge in [0.25, 0.3) is 0 Å². The molecule has 6 heteroatoms. The lowest BCUT2D eigenvalue weighted by molar-refractivity contribution is -0.113. The van der Waals surface area contributed by atoms with E-state index in [1.807, 2.05) is 0 Å². The van der Waals surface area contributed by atoms with Crippen LogP contribution in [0.2, 0.25) is 0 Å². The largest absolute Gasteiger partial charge is 0.386 e. The molecule has 1 amide bonds. The molecule has 5 nitrogen and oxygen atoms in total. The van der Waals surface area contributed by atoms with E-state index in [2.05, 4.69) is 16.7 Å². The molecule has 1 aromatic rings. The summed E-state index contributed by atoms with van der Waals surface area (Å²) >= 11 is 1.59. The molecule has 0 unspecified atom stereocenters. The monoisotopic (exact) mass is 319 g/mol. The Kier molecular flexibility index (Phi) is 6.56. The first-order valence-electron chi connectivity index (χ1n) is 7.44. The second-order valence-electron chi connectivity index (χ2n) is 5.17. The van der Waals surface area contributed by atoms with Crippen LogP contribution in [0.5, 0.6) is 0 Å². The van der Waals surface area contributed by atoms with E-state index in [1.165, 1.54) is 6.42 Å². The molecule has 1 heterocycles. The summed E-state index contributed by atoms with van der Waals surface area (Å²) in [5.41, 5.74) is 1.96. The molecule has 1 aliphatic heterocycles. The predicted molar refractivity (Wildman–Crippen MR) is 90.2 cm³/mol. The third kappa shape index (κ3) is 4.93. The number of carbonyl (C=O) groups excluding carboxylic acids is 1. The van der Waals surface area contributed by atoms with Gasteiger partial charge in [0.15, 0.2) is 0 Å². The summed E-state index contributed by atoms with van der Waals surface area (Å²) in [7, 11) is 1.78. The van der Waals surface area contributed by atoms with Crippen molar-refractivity contribution in [3.05, 3.63) is 23.8 Å². The van der Waals surface area contributed by atoms with Crippen LogP contribution in [-0.4, -0.2) is 37.2 Å². The highest BCUT2D eigenvalue weighted by atomic mass is 32.2. The van der Waals surface area contributed by atoms with Crippen molar-refractivity contribution in [2.75, 3.05) is 35.8 Å².